The van der Waals surface area contributed by atoms with E-state index < -0.39 is 0 Å². The van der Waals surface area contributed by atoms with E-state index in [0.717, 1.165) is 21.7 Å². The van der Waals surface area contributed by atoms with Gasteiger partial charge in [0.25, 0.3) is 0 Å². The van der Waals surface area contributed by atoms with E-state index in [1.807, 2.05) is 25.1 Å². The fraction of sp³-hybridized carbons (Fsp3) is 0.353. The fourth-order valence-electron chi connectivity index (χ4n) is 2.56. The first-order chi connectivity index (χ1) is 11.0. The number of anilines is 1. The highest BCUT2D eigenvalue weighted by molar-refractivity contribution is 7.20. The third-order valence-electron chi connectivity index (χ3n) is 4.11. The summed E-state index contributed by atoms with van der Waals surface area (Å²) in [4.78, 5) is 5.78. The SMILES string of the molecule is Cc1c(C(C)C(C)N)sc2c(NCc3ccco3)cc(Cl)nc12.Cl.Cl. The van der Waals surface area contributed by atoms with Crippen LogP contribution in [0.4, 0.5) is 5.69 Å². The van der Waals surface area contributed by atoms with Gasteiger partial charge in [0.2, 0.25) is 0 Å². The summed E-state index contributed by atoms with van der Waals surface area (Å²) in [5.74, 6) is 1.16. The minimum absolute atomic E-state index is 0. The Morgan fingerprint density at radius 2 is 2.08 bits per heavy atom. The Hall–Kier alpha value is -0.980. The number of rotatable bonds is 5. The molecule has 25 heavy (non-hydrogen) atoms. The zero-order valence-corrected chi connectivity index (χ0v) is 17.4. The van der Waals surface area contributed by atoms with Gasteiger partial charge in [-0.2, -0.15) is 0 Å². The highest BCUT2D eigenvalue weighted by Gasteiger charge is 2.20. The first-order valence-electron chi connectivity index (χ1n) is 7.58. The van der Waals surface area contributed by atoms with Gasteiger partial charge in [0, 0.05) is 22.9 Å². The van der Waals surface area contributed by atoms with Gasteiger partial charge in [-0.05, 0) is 31.5 Å². The number of thiophene rings is 1. The van der Waals surface area contributed by atoms with E-state index in [4.69, 9.17) is 21.8 Å². The summed E-state index contributed by atoms with van der Waals surface area (Å²) in [6.45, 7) is 6.88. The van der Waals surface area contributed by atoms with Crippen molar-refractivity contribution in [1.82, 2.24) is 4.98 Å². The van der Waals surface area contributed by atoms with Crippen molar-refractivity contribution in [3.8, 4) is 0 Å². The van der Waals surface area contributed by atoms with Gasteiger partial charge in [-0.15, -0.1) is 36.2 Å². The Labute approximate surface area is 169 Å². The van der Waals surface area contributed by atoms with Gasteiger partial charge in [-0.25, -0.2) is 4.98 Å². The van der Waals surface area contributed by atoms with Crippen molar-refractivity contribution in [2.24, 2.45) is 5.73 Å². The van der Waals surface area contributed by atoms with Gasteiger partial charge in [0.15, 0.2) is 0 Å². The minimum atomic E-state index is 0. The van der Waals surface area contributed by atoms with Gasteiger partial charge in [0.05, 0.1) is 28.7 Å². The van der Waals surface area contributed by atoms with Crippen molar-refractivity contribution in [2.45, 2.75) is 39.3 Å². The summed E-state index contributed by atoms with van der Waals surface area (Å²) in [5, 5.41) is 3.89. The Balaban J connectivity index is 0.00000156. The van der Waals surface area contributed by atoms with Gasteiger partial charge in [0.1, 0.15) is 10.9 Å². The molecule has 0 radical (unpaired) electrons. The number of nitrogens with two attached hydrogens (primary N) is 1. The number of hydrogen-bond acceptors (Lipinski definition) is 5. The molecule has 0 aliphatic carbocycles. The molecule has 0 saturated heterocycles. The molecule has 4 nitrogen and oxygen atoms in total. The average molecular weight is 423 g/mol. The van der Waals surface area contributed by atoms with Crippen molar-refractivity contribution in [1.29, 1.82) is 0 Å². The van der Waals surface area contributed by atoms with Gasteiger partial charge in [-0.3, -0.25) is 0 Å². The van der Waals surface area contributed by atoms with Crippen LogP contribution in [-0.2, 0) is 6.54 Å². The Morgan fingerprint density at radius 1 is 1.36 bits per heavy atom. The van der Waals surface area contributed by atoms with E-state index in [9.17, 15) is 0 Å². The summed E-state index contributed by atoms with van der Waals surface area (Å²) >= 11 is 7.95. The molecule has 3 N–H and O–H groups in total. The van der Waals surface area contributed by atoms with Crippen LogP contribution in [0, 0.1) is 6.92 Å². The lowest BCUT2D eigenvalue weighted by Gasteiger charge is -2.14. The number of pyridine rings is 1. The number of fused-ring (bicyclic) bond motifs is 1. The monoisotopic (exact) mass is 421 g/mol. The Bertz CT molecular complexity index is 818. The molecule has 0 saturated carbocycles. The molecule has 0 aliphatic rings. The molecule has 0 aliphatic heterocycles. The molecule has 0 fully saturated rings. The molecule has 3 aromatic rings. The third-order valence-corrected chi connectivity index (χ3v) is 5.82. The number of furan rings is 1. The van der Waals surface area contributed by atoms with Crippen LogP contribution < -0.4 is 11.1 Å². The van der Waals surface area contributed by atoms with Crippen LogP contribution in [0.5, 0.6) is 0 Å². The van der Waals surface area contributed by atoms with Crippen LogP contribution in [0.25, 0.3) is 10.2 Å². The number of nitrogens with one attached hydrogen (secondary N) is 1. The van der Waals surface area contributed by atoms with E-state index in [2.05, 4.69) is 24.1 Å². The molecule has 2 unspecified atom stereocenters. The molecular formula is C17H22Cl3N3OS. The minimum Gasteiger partial charge on any atom is -0.467 e. The van der Waals surface area contributed by atoms with Crippen molar-refractivity contribution < 1.29 is 4.42 Å². The molecule has 3 heterocycles. The summed E-state index contributed by atoms with van der Waals surface area (Å²) in [6, 6.07) is 5.78. The number of aromatic nitrogens is 1. The van der Waals surface area contributed by atoms with E-state index in [0.29, 0.717) is 11.7 Å². The smallest absolute Gasteiger partial charge is 0.131 e. The second-order valence-corrected chi connectivity index (χ2v) is 7.28. The normalized spacial score (nSPS) is 13.0. The van der Waals surface area contributed by atoms with Gasteiger partial charge >= 0.3 is 0 Å². The largest absolute Gasteiger partial charge is 0.467 e. The topological polar surface area (TPSA) is 64.1 Å². The zero-order chi connectivity index (χ0) is 16.6. The Kier molecular flexibility index (Phi) is 8.03. The Morgan fingerprint density at radius 3 is 2.68 bits per heavy atom. The van der Waals surface area contributed by atoms with E-state index in [-0.39, 0.29) is 36.8 Å². The van der Waals surface area contributed by atoms with Crippen molar-refractivity contribution >= 4 is 63.7 Å². The highest BCUT2D eigenvalue weighted by Crippen LogP contribution is 2.40. The van der Waals surface area contributed by atoms with Crippen molar-refractivity contribution in [2.75, 3.05) is 5.32 Å². The predicted molar refractivity (Wildman–Crippen MR) is 112 cm³/mol. The molecule has 8 heteroatoms. The number of halogens is 3. The standard InChI is InChI=1S/C17H20ClN3OS.2ClH/c1-9(11(3)19)16-10(2)15-17(23-16)13(7-14(18)21-15)20-8-12-5-4-6-22-12;;/h4-7,9,11H,8,19H2,1-3H3,(H,20,21);2*1H. The molecule has 3 rings (SSSR count). The second kappa shape index (κ2) is 9.10. The average Bonchev–Trinajstić information content (AvgIpc) is 3.13. The second-order valence-electron chi connectivity index (χ2n) is 5.84. The van der Waals surface area contributed by atoms with E-state index in [1.54, 1.807) is 17.6 Å². The maximum atomic E-state index is 6.21. The van der Waals surface area contributed by atoms with Gasteiger partial charge in [-0.1, -0.05) is 18.5 Å². The lowest BCUT2D eigenvalue weighted by Crippen LogP contribution is -2.22. The van der Waals surface area contributed by atoms with Crippen LogP contribution >= 0.6 is 47.8 Å². The van der Waals surface area contributed by atoms with Gasteiger partial charge < -0.3 is 15.5 Å². The van der Waals surface area contributed by atoms with Crippen LogP contribution in [0.15, 0.2) is 28.9 Å². The molecule has 2 atom stereocenters. The molecule has 0 spiro atoms. The fourth-order valence-corrected chi connectivity index (χ4v) is 4.16. The molecule has 0 bridgehead atoms. The summed E-state index contributed by atoms with van der Waals surface area (Å²) in [6.07, 6.45) is 1.67. The molecule has 138 valence electrons. The van der Waals surface area contributed by atoms with Crippen LogP contribution in [0.1, 0.15) is 36.0 Å². The predicted octanol–water partition coefficient (Wildman–Crippen LogP) is 5.76. The first-order valence-corrected chi connectivity index (χ1v) is 8.78. The van der Waals surface area contributed by atoms with Crippen LogP contribution in [-0.4, -0.2) is 11.0 Å². The number of hydrogen-bond donors (Lipinski definition) is 2. The van der Waals surface area contributed by atoms with E-state index in [1.165, 1.54) is 10.4 Å². The third kappa shape index (κ3) is 4.60. The summed E-state index contributed by atoms with van der Waals surface area (Å²) in [7, 11) is 0. The lowest BCUT2D eigenvalue weighted by atomic mass is 9.99. The van der Waals surface area contributed by atoms with Crippen molar-refractivity contribution in [3.63, 3.8) is 0 Å². The maximum Gasteiger partial charge on any atom is 0.131 e. The van der Waals surface area contributed by atoms with Crippen molar-refractivity contribution in [3.05, 3.63) is 45.8 Å². The van der Waals surface area contributed by atoms with Crippen LogP contribution in [0.2, 0.25) is 5.15 Å². The first kappa shape index (κ1) is 22.1. The molecule has 3 aromatic heterocycles. The maximum absolute atomic E-state index is 6.21. The quantitative estimate of drug-likeness (QED) is 0.513. The number of nitrogens with zero attached hydrogens (tertiary/aromatic N) is 1. The summed E-state index contributed by atoms with van der Waals surface area (Å²) in [5.41, 5.74) is 9.18. The van der Waals surface area contributed by atoms with Crippen LogP contribution in [0.3, 0.4) is 0 Å². The zero-order valence-electron chi connectivity index (χ0n) is 14.2. The van der Waals surface area contributed by atoms with E-state index >= 15 is 0 Å². The molecule has 0 amide bonds. The summed E-state index contributed by atoms with van der Waals surface area (Å²) < 4.78 is 6.48. The highest BCUT2D eigenvalue weighted by atomic mass is 35.5. The molecular weight excluding hydrogens is 401 g/mol. The molecule has 0 aromatic carbocycles. The lowest BCUT2D eigenvalue weighted by molar-refractivity contribution is 0.518. The number of aryl methyl sites for hydroxylation is 1.